The molecular weight excluding hydrogens is 507 g/mol. The summed E-state index contributed by atoms with van der Waals surface area (Å²) in [5.74, 6) is 0. The van der Waals surface area contributed by atoms with Crippen LogP contribution in [-0.4, -0.2) is 8.49 Å². The number of rotatable bonds is 1. The summed E-state index contributed by atoms with van der Waals surface area (Å²) < 4.78 is 0. The summed E-state index contributed by atoms with van der Waals surface area (Å²) in [5.41, 5.74) is 4.60. The van der Waals surface area contributed by atoms with Gasteiger partial charge in [0.2, 0.25) is 0 Å². The fourth-order valence-corrected chi connectivity index (χ4v) is 5.42. The minimum atomic E-state index is -2.60. The van der Waals surface area contributed by atoms with Crippen molar-refractivity contribution >= 4 is 91.7 Å². The average Bonchev–Trinajstić information content (AvgIpc) is 2.71. The highest BCUT2D eigenvalue weighted by Gasteiger charge is 2.50. The molecule has 0 unspecified atom stereocenters. The Bertz CT molecular complexity index is 619. The SMILES string of the molecule is Cl[P+](Cl)(Cl)C1c2ccccc2-c2ccccc21.[Cl][Al-]([Cl])([Cl])[Br]. The van der Waals surface area contributed by atoms with Crippen LogP contribution in [0, 0.1) is 0 Å². The Balaban J connectivity index is 0.000000309. The van der Waals surface area contributed by atoms with Gasteiger partial charge in [0, 0.05) is 11.1 Å². The molecule has 0 nitrogen and oxygen atoms in total. The lowest BCUT2D eigenvalue weighted by molar-refractivity contribution is 1.21. The van der Waals surface area contributed by atoms with Crippen molar-refractivity contribution in [2.75, 3.05) is 0 Å². The molecule has 0 radical (unpaired) electrons. The summed E-state index contributed by atoms with van der Waals surface area (Å²) in [6, 6.07) is 16.3. The zero-order chi connectivity index (χ0) is 16.5. The zero-order valence-corrected chi connectivity index (χ0v) is 19.0. The zero-order valence-electron chi connectivity index (χ0n) is 10.9. The molecule has 0 aliphatic heterocycles. The van der Waals surface area contributed by atoms with Gasteiger partial charge in [-0.1, -0.05) is 48.5 Å². The van der Waals surface area contributed by atoms with Crippen LogP contribution >= 0.6 is 83.2 Å². The lowest BCUT2D eigenvalue weighted by Crippen LogP contribution is -1.92. The van der Waals surface area contributed by atoms with Crippen LogP contribution in [0.2, 0.25) is 0 Å². The molecule has 0 saturated carbocycles. The second kappa shape index (κ2) is 7.89. The summed E-state index contributed by atoms with van der Waals surface area (Å²) in [5, 5.41) is -2.51. The molecule has 2 aromatic carbocycles. The Morgan fingerprint density at radius 2 is 1.09 bits per heavy atom. The largest absolute Gasteiger partial charge is 0.534 e. The molecule has 0 amide bonds. The molecule has 9 heteroatoms. The van der Waals surface area contributed by atoms with E-state index in [9.17, 15) is 0 Å². The van der Waals surface area contributed by atoms with Crippen LogP contribution in [-0.2, 0) is 0 Å². The van der Waals surface area contributed by atoms with Crippen LogP contribution in [0.15, 0.2) is 48.5 Å². The van der Waals surface area contributed by atoms with Crippen LogP contribution in [0.5, 0.6) is 0 Å². The van der Waals surface area contributed by atoms with E-state index in [0.717, 1.165) is 11.1 Å². The van der Waals surface area contributed by atoms with E-state index in [4.69, 9.17) is 63.9 Å². The molecule has 0 heterocycles. The summed E-state index contributed by atoms with van der Waals surface area (Å²) in [7, 11) is 12.8. The molecule has 0 fully saturated rings. The first-order valence-corrected chi connectivity index (χ1v) is 19.1. The molecule has 2 aromatic rings. The van der Waals surface area contributed by atoms with Gasteiger partial charge in [-0.2, -0.15) is 0 Å². The van der Waals surface area contributed by atoms with E-state index >= 15 is 0 Å². The molecule has 1 aliphatic rings. The third-order valence-corrected chi connectivity index (χ3v) is 5.99. The van der Waals surface area contributed by atoms with Gasteiger partial charge in [-0.3, -0.25) is 0 Å². The molecule has 0 saturated heterocycles. The molecule has 3 rings (SSSR count). The van der Waals surface area contributed by atoms with Crippen LogP contribution in [0.1, 0.15) is 16.8 Å². The molecule has 22 heavy (non-hydrogen) atoms. The van der Waals surface area contributed by atoms with Gasteiger partial charge in [-0.25, -0.2) is 0 Å². The monoisotopic (exact) mass is 512 g/mol. The summed E-state index contributed by atoms with van der Waals surface area (Å²) >= 11 is 21.5. The van der Waals surface area contributed by atoms with E-state index in [1.54, 1.807) is 0 Å². The molecule has 118 valence electrons. The van der Waals surface area contributed by atoms with Gasteiger partial charge in [0.1, 0.15) is 33.7 Å². The first-order chi connectivity index (χ1) is 10.1. The van der Waals surface area contributed by atoms with Gasteiger partial charge in [0.25, 0.3) is 0 Å². The van der Waals surface area contributed by atoms with E-state index in [1.165, 1.54) is 11.1 Å². The van der Waals surface area contributed by atoms with Crippen molar-refractivity contribution in [3.8, 4) is 11.1 Å². The number of hydrogen-bond donors (Lipinski definition) is 0. The quantitative estimate of drug-likeness (QED) is 0.263. The normalized spacial score (nSPS) is 14.0. The van der Waals surface area contributed by atoms with E-state index < -0.39 is 13.8 Å². The van der Waals surface area contributed by atoms with Crippen molar-refractivity contribution in [1.82, 2.24) is 0 Å². The number of hydrogen-bond acceptors (Lipinski definition) is 0. The predicted molar refractivity (Wildman–Crippen MR) is 110 cm³/mol. The van der Waals surface area contributed by atoms with Gasteiger partial charge < -0.3 is 44.2 Å². The molecule has 0 spiro atoms. The highest BCUT2D eigenvalue weighted by Crippen LogP contribution is 2.85. The standard InChI is InChI=1S/C13H9Cl3P.Al.BrH.3ClH/c14-17(15,16)13-11-7-3-1-5-9(11)10-6-2-4-8-12(10)13;;;;;/h1-8,13H;;4*1H/q+1;+3;;;;/p-4. The number of fused-ring (bicyclic) bond motifs is 3. The maximum absolute atomic E-state index is 6.24. The number of halogens is 7. The van der Waals surface area contributed by atoms with Crippen molar-refractivity contribution in [1.29, 1.82) is 0 Å². The van der Waals surface area contributed by atoms with Crippen molar-refractivity contribution < 1.29 is 0 Å². The Morgan fingerprint density at radius 3 is 1.41 bits per heavy atom. The third kappa shape index (κ3) is 5.31. The van der Waals surface area contributed by atoms with Crippen LogP contribution < -0.4 is 0 Å². The van der Waals surface area contributed by atoms with Crippen molar-refractivity contribution in [2.24, 2.45) is 0 Å². The molecule has 0 N–H and O–H groups in total. The Hall–Kier alpha value is 1.62. The van der Waals surface area contributed by atoms with Gasteiger partial charge in [0.15, 0.2) is 5.66 Å². The predicted octanol–water partition coefficient (Wildman–Crippen LogP) is 8.77. The minimum absolute atomic E-state index is 0.0695. The van der Waals surface area contributed by atoms with Crippen LogP contribution in [0.4, 0.5) is 0 Å². The maximum atomic E-state index is 6.24. The van der Waals surface area contributed by atoms with Crippen molar-refractivity contribution in [2.45, 2.75) is 5.66 Å². The molecule has 0 atom stereocenters. The second-order valence-corrected chi connectivity index (χ2v) is 30.2. The van der Waals surface area contributed by atoms with Gasteiger partial charge in [-0.05, 0) is 11.1 Å². The Kier molecular flexibility index (Phi) is 7.15. The maximum Gasteiger partial charge on any atom is 0.534 e. The average molecular weight is 516 g/mol. The number of benzene rings is 2. The first-order valence-electron chi connectivity index (χ1n) is 6.12. The highest BCUT2D eigenvalue weighted by molar-refractivity contribution is 9.30. The van der Waals surface area contributed by atoms with E-state index in [-0.39, 0.29) is 5.66 Å². The highest BCUT2D eigenvalue weighted by atomic mass is 79.9. The van der Waals surface area contributed by atoms with Gasteiger partial charge in [0.05, 0.1) is 0 Å². The summed E-state index contributed by atoms with van der Waals surface area (Å²) in [4.78, 5) is 0. The van der Waals surface area contributed by atoms with Crippen molar-refractivity contribution in [3.05, 3.63) is 59.7 Å². The van der Waals surface area contributed by atoms with E-state index in [2.05, 4.69) is 38.3 Å². The van der Waals surface area contributed by atoms with Gasteiger partial charge >= 0.3 is 13.8 Å². The lowest BCUT2D eigenvalue weighted by Gasteiger charge is -2.11. The molecular formula is C13H9AlBrCl6P. The van der Waals surface area contributed by atoms with E-state index in [1.807, 2.05) is 24.3 Å². The minimum Gasteiger partial charge on any atom is -0.396 e. The second-order valence-electron chi connectivity index (χ2n) is 4.56. The fraction of sp³-hybridized carbons (Fsp3) is 0.0769. The molecule has 0 bridgehead atoms. The molecule has 0 aromatic heterocycles. The topological polar surface area (TPSA) is 0 Å². The fourth-order valence-electron chi connectivity index (χ4n) is 2.44. The lowest BCUT2D eigenvalue weighted by atomic mass is 10.1. The third-order valence-electron chi connectivity index (χ3n) is 3.09. The molecule has 1 aliphatic carbocycles. The van der Waals surface area contributed by atoms with Crippen molar-refractivity contribution in [3.63, 3.8) is 0 Å². The van der Waals surface area contributed by atoms with Crippen LogP contribution in [0.25, 0.3) is 11.1 Å². The summed E-state index contributed by atoms with van der Waals surface area (Å²) in [6.07, 6.45) is 0. The van der Waals surface area contributed by atoms with Crippen LogP contribution in [0.3, 0.4) is 0 Å². The first kappa shape index (κ1) is 19.9. The summed E-state index contributed by atoms with van der Waals surface area (Å²) in [6.45, 7) is 0. The Morgan fingerprint density at radius 1 is 0.773 bits per heavy atom. The van der Waals surface area contributed by atoms with E-state index in [0.29, 0.717) is 0 Å². The van der Waals surface area contributed by atoms with Gasteiger partial charge in [-0.15, -0.1) is 0 Å². The Labute approximate surface area is 166 Å². The smallest absolute Gasteiger partial charge is 0.396 e.